The third kappa shape index (κ3) is 3.32. The third-order valence-electron chi connectivity index (χ3n) is 4.51. The molecule has 1 saturated heterocycles. The summed E-state index contributed by atoms with van der Waals surface area (Å²) in [5, 5.41) is 4.96. The minimum absolute atomic E-state index is 0.0494. The van der Waals surface area contributed by atoms with E-state index >= 15 is 0 Å². The van der Waals surface area contributed by atoms with Crippen LogP contribution in [0.4, 0.5) is 11.1 Å². The average molecular weight is 370 g/mol. The van der Waals surface area contributed by atoms with Gasteiger partial charge in [-0.25, -0.2) is 4.98 Å². The second-order valence-corrected chi connectivity index (χ2v) is 7.17. The molecule has 1 N–H and O–H groups in total. The highest BCUT2D eigenvalue weighted by atomic mass is 32.1. The van der Waals surface area contributed by atoms with E-state index in [2.05, 4.69) is 20.2 Å². The van der Waals surface area contributed by atoms with Gasteiger partial charge in [0.15, 0.2) is 16.5 Å². The molecule has 3 heterocycles. The molecule has 1 amide bonds. The van der Waals surface area contributed by atoms with Crippen molar-refractivity contribution in [3.8, 4) is 0 Å². The van der Waals surface area contributed by atoms with Crippen LogP contribution >= 0.6 is 11.3 Å². The van der Waals surface area contributed by atoms with E-state index in [-0.39, 0.29) is 17.6 Å². The lowest BCUT2D eigenvalue weighted by atomic mass is 9.96. The number of Topliss-reactive ketones (excluding diaryl/α,β-unsaturated/α-hetero) is 1. The first-order valence-electron chi connectivity index (χ1n) is 8.48. The monoisotopic (exact) mass is 370 g/mol. The molecule has 3 aromatic rings. The molecule has 0 radical (unpaired) electrons. The molecule has 0 spiro atoms. The van der Waals surface area contributed by atoms with Gasteiger partial charge in [0.2, 0.25) is 5.91 Å². The Kier molecular flexibility index (Phi) is 4.42. The number of amides is 1. The zero-order chi connectivity index (χ0) is 18.1. The molecular weight excluding hydrogens is 352 g/mol. The number of fused-ring (bicyclic) bond motifs is 1. The summed E-state index contributed by atoms with van der Waals surface area (Å²) < 4.78 is 5.80. The Bertz CT molecular complexity index is 923. The number of benzene rings is 1. The van der Waals surface area contributed by atoms with Crippen molar-refractivity contribution in [2.45, 2.75) is 19.8 Å². The van der Waals surface area contributed by atoms with Crippen molar-refractivity contribution in [1.82, 2.24) is 9.97 Å². The molecule has 1 aliphatic heterocycles. The van der Waals surface area contributed by atoms with Gasteiger partial charge in [0, 0.05) is 31.3 Å². The van der Waals surface area contributed by atoms with Gasteiger partial charge in [0.25, 0.3) is 6.01 Å². The number of hydrogen-bond acceptors (Lipinski definition) is 7. The average Bonchev–Trinajstić information content (AvgIpc) is 3.28. The minimum atomic E-state index is -0.103. The Morgan fingerprint density at radius 3 is 2.69 bits per heavy atom. The fourth-order valence-electron chi connectivity index (χ4n) is 3.03. The second kappa shape index (κ2) is 6.87. The van der Waals surface area contributed by atoms with Crippen molar-refractivity contribution in [2.24, 2.45) is 5.92 Å². The topological polar surface area (TPSA) is 88.3 Å². The molecule has 0 aliphatic carbocycles. The molecule has 1 aromatic carbocycles. The number of carbonyl (C=O) groups is 2. The predicted octanol–water partition coefficient (Wildman–Crippen LogP) is 3.34. The Balaban J connectivity index is 1.36. The number of nitrogens with zero attached hydrogens (tertiary/aromatic N) is 3. The SMILES string of the molecule is CC(=O)c1csc(NC(=O)C2CCN(c3nc4ccccc4o3)CC2)n1. The number of ketones is 1. The summed E-state index contributed by atoms with van der Waals surface area (Å²) in [6.45, 7) is 2.88. The number of aromatic nitrogens is 2. The normalized spacial score (nSPS) is 15.3. The van der Waals surface area contributed by atoms with Crippen LogP contribution in [0.2, 0.25) is 0 Å². The number of oxazole rings is 1. The fourth-order valence-corrected chi connectivity index (χ4v) is 3.78. The quantitative estimate of drug-likeness (QED) is 0.709. The van der Waals surface area contributed by atoms with Crippen molar-refractivity contribution in [3.05, 3.63) is 35.3 Å². The summed E-state index contributed by atoms with van der Waals surface area (Å²) in [4.78, 5) is 34.5. The highest BCUT2D eigenvalue weighted by Gasteiger charge is 2.27. The van der Waals surface area contributed by atoms with Crippen molar-refractivity contribution in [1.29, 1.82) is 0 Å². The molecule has 1 fully saturated rings. The number of thiazole rings is 1. The van der Waals surface area contributed by atoms with Gasteiger partial charge in [-0.05, 0) is 25.0 Å². The summed E-state index contributed by atoms with van der Waals surface area (Å²) in [7, 11) is 0. The summed E-state index contributed by atoms with van der Waals surface area (Å²) in [6, 6.07) is 8.28. The zero-order valence-electron chi connectivity index (χ0n) is 14.3. The highest BCUT2D eigenvalue weighted by molar-refractivity contribution is 7.14. The van der Waals surface area contributed by atoms with E-state index < -0.39 is 0 Å². The zero-order valence-corrected chi connectivity index (χ0v) is 15.1. The lowest BCUT2D eigenvalue weighted by Gasteiger charge is -2.29. The number of piperidine rings is 1. The Hall–Kier alpha value is -2.74. The molecule has 26 heavy (non-hydrogen) atoms. The Morgan fingerprint density at radius 2 is 2.00 bits per heavy atom. The number of para-hydroxylation sites is 2. The van der Waals surface area contributed by atoms with E-state index in [0.29, 0.717) is 29.9 Å². The van der Waals surface area contributed by atoms with Crippen molar-refractivity contribution < 1.29 is 14.0 Å². The molecule has 1 aliphatic rings. The van der Waals surface area contributed by atoms with Gasteiger partial charge >= 0.3 is 0 Å². The largest absolute Gasteiger partial charge is 0.423 e. The molecule has 0 saturated carbocycles. The van der Waals surface area contributed by atoms with Crippen LogP contribution < -0.4 is 10.2 Å². The first kappa shape index (κ1) is 16.7. The smallest absolute Gasteiger partial charge is 0.298 e. The molecule has 4 rings (SSSR count). The molecule has 0 atom stereocenters. The van der Waals surface area contributed by atoms with E-state index in [1.54, 1.807) is 5.38 Å². The van der Waals surface area contributed by atoms with Crippen LogP contribution in [-0.2, 0) is 4.79 Å². The van der Waals surface area contributed by atoms with Crippen LogP contribution in [0.15, 0.2) is 34.1 Å². The van der Waals surface area contributed by atoms with Crippen LogP contribution in [0.1, 0.15) is 30.3 Å². The van der Waals surface area contributed by atoms with E-state index in [4.69, 9.17) is 4.42 Å². The predicted molar refractivity (Wildman–Crippen MR) is 99.7 cm³/mol. The summed E-state index contributed by atoms with van der Waals surface area (Å²) in [5.74, 6) is -0.236. The van der Waals surface area contributed by atoms with Crippen LogP contribution in [0.25, 0.3) is 11.1 Å². The second-order valence-electron chi connectivity index (χ2n) is 6.31. The maximum absolute atomic E-state index is 12.4. The summed E-state index contributed by atoms with van der Waals surface area (Å²) in [6.07, 6.45) is 1.44. The first-order valence-corrected chi connectivity index (χ1v) is 9.36. The van der Waals surface area contributed by atoms with Crippen molar-refractivity contribution in [3.63, 3.8) is 0 Å². The molecule has 0 unspecified atom stereocenters. The Labute approximate surface area is 154 Å². The molecule has 0 bridgehead atoms. The lowest BCUT2D eigenvalue weighted by molar-refractivity contribution is -0.120. The van der Waals surface area contributed by atoms with Crippen LogP contribution in [-0.4, -0.2) is 34.7 Å². The van der Waals surface area contributed by atoms with Gasteiger partial charge in [0.05, 0.1) is 0 Å². The highest BCUT2D eigenvalue weighted by Crippen LogP contribution is 2.27. The number of rotatable bonds is 4. The van der Waals surface area contributed by atoms with Gasteiger partial charge in [-0.2, -0.15) is 4.98 Å². The maximum atomic E-state index is 12.4. The number of nitrogens with one attached hydrogen (secondary N) is 1. The minimum Gasteiger partial charge on any atom is -0.423 e. The fraction of sp³-hybridized carbons (Fsp3) is 0.333. The van der Waals surface area contributed by atoms with Gasteiger partial charge in [-0.3, -0.25) is 9.59 Å². The van der Waals surface area contributed by atoms with E-state index in [1.807, 2.05) is 24.3 Å². The van der Waals surface area contributed by atoms with E-state index in [9.17, 15) is 9.59 Å². The standard InChI is InChI=1S/C18H18N4O3S/c1-11(23)14-10-26-17(19-14)21-16(24)12-6-8-22(9-7-12)18-20-13-4-2-3-5-15(13)25-18/h2-5,10,12H,6-9H2,1H3,(H,19,21,24). The van der Waals surface area contributed by atoms with Crippen LogP contribution in [0.5, 0.6) is 0 Å². The van der Waals surface area contributed by atoms with Gasteiger partial charge < -0.3 is 14.6 Å². The first-order chi connectivity index (χ1) is 12.6. The molecule has 7 nitrogen and oxygen atoms in total. The molecular formula is C18H18N4O3S. The van der Waals surface area contributed by atoms with E-state index in [1.165, 1.54) is 18.3 Å². The van der Waals surface area contributed by atoms with Gasteiger partial charge in [0.1, 0.15) is 11.2 Å². The third-order valence-corrected chi connectivity index (χ3v) is 5.27. The van der Waals surface area contributed by atoms with Crippen LogP contribution in [0.3, 0.4) is 0 Å². The number of carbonyl (C=O) groups excluding carboxylic acids is 2. The van der Waals surface area contributed by atoms with Crippen LogP contribution in [0, 0.1) is 5.92 Å². The molecule has 134 valence electrons. The van der Waals surface area contributed by atoms with Gasteiger partial charge in [-0.1, -0.05) is 12.1 Å². The summed E-state index contributed by atoms with van der Waals surface area (Å²) >= 11 is 1.27. The van der Waals surface area contributed by atoms with E-state index in [0.717, 1.165) is 23.9 Å². The Morgan fingerprint density at radius 1 is 1.23 bits per heavy atom. The maximum Gasteiger partial charge on any atom is 0.298 e. The molecule has 2 aromatic heterocycles. The number of anilines is 2. The van der Waals surface area contributed by atoms with Gasteiger partial charge in [-0.15, -0.1) is 11.3 Å². The lowest BCUT2D eigenvalue weighted by Crippen LogP contribution is -2.38. The molecule has 8 heteroatoms. The van der Waals surface area contributed by atoms with Crippen molar-refractivity contribution in [2.75, 3.05) is 23.3 Å². The van der Waals surface area contributed by atoms with Crippen molar-refractivity contribution >= 4 is 45.3 Å². The summed E-state index contributed by atoms with van der Waals surface area (Å²) in [5.41, 5.74) is 2.00. The number of hydrogen-bond donors (Lipinski definition) is 1.